The maximum absolute atomic E-state index is 13.5. The van der Waals surface area contributed by atoms with Gasteiger partial charge in [0, 0.05) is 24.8 Å². The number of nitrogens with zero attached hydrogens (tertiary/aromatic N) is 2. The van der Waals surface area contributed by atoms with Gasteiger partial charge in [-0.15, -0.1) is 0 Å². The maximum Gasteiger partial charge on any atom is 0.422 e. The molecule has 1 atom stereocenters. The van der Waals surface area contributed by atoms with Crippen molar-refractivity contribution in [3.05, 3.63) is 47.7 Å². The molecule has 0 bridgehead atoms. The molecular formula is C25H29F3N4O4S. The number of hydrogen-bond donors (Lipinski definition) is 3. The predicted octanol–water partition coefficient (Wildman–Crippen LogP) is 3.92. The molecule has 37 heavy (non-hydrogen) atoms. The Morgan fingerprint density at radius 1 is 1.11 bits per heavy atom. The van der Waals surface area contributed by atoms with Crippen LogP contribution in [-0.2, 0) is 15.6 Å². The van der Waals surface area contributed by atoms with Crippen molar-refractivity contribution in [3.63, 3.8) is 0 Å². The molecule has 2 heterocycles. The highest BCUT2D eigenvalue weighted by molar-refractivity contribution is 7.89. The van der Waals surface area contributed by atoms with Crippen molar-refractivity contribution >= 4 is 27.4 Å². The molecule has 1 aliphatic heterocycles. The van der Waals surface area contributed by atoms with Crippen molar-refractivity contribution in [1.29, 1.82) is 0 Å². The molecule has 8 nitrogen and oxygen atoms in total. The van der Waals surface area contributed by atoms with Gasteiger partial charge in [0.15, 0.2) is 5.60 Å². The van der Waals surface area contributed by atoms with Gasteiger partial charge in [0.1, 0.15) is 5.82 Å². The van der Waals surface area contributed by atoms with Crippen LogP contribution >= 0.6 is 0 Å². The van der Waals surface area contributed by atoms with Crippen molar-refractivity contribution < 1.29 is 31.5 Å². The average Bonchev–Trinajstić information content (AvgIpc) is 3.77. The fraction of sp³-hybridized carbons (Fsp3) is 0.520. The van der Waals surface area contributed by atoms with Crippen LogP contribution in [0.2, 0.25) is 0 Å². The van der Waals surface area contributed by atoms with Crippen LogP contribution in [-0.4, -0.2) is 49.7 Å². The van der Waals surface area contributed by atoms with Gasteiger partial charge in [-0.3, -0.25) is 4.79 Å². The molecule has 200 valence electrons. The monoisotopic (exact) mass is 538 g/mol. The largest absolute Gasteiger partial charge is 0.422 e. The summed E-state index contributed by atoms with van der Waals surface area (Å²) in [4.78, 5) is 19.2. The summed E-state index contributed by atoms with van der Waals surface area (Å²) in [5, 5.41) is 12.9. The van der Waals surface area contributed by atoms with E-state index < -0.39 is 33.4 Å². The predicted molar refractivity (Wildman–Crippen MR) is 131 cm³/mol. The summed E-state index contributed by atoms with van der Waals surface area (Å²) in [5.74, 6) is -0.577. The number of hydrogen-bond acceptors (Lipinski definition) is 6. The van der Waals surface area contributed by atoms with Crippen molar-refractivity contribution in [3.8, 4) is 0 Å². The van der Waals surface area contributed by atoms with Crippen molar-refractivity contribution in [2.45, 2.75) is 68.2 Å². The minimum absolute atomic E-state index is 0.00196. The molecule has 3 N–H and O–H groups in total. The van der Waals surface area contributed by atoms with Gasteiger partial charge in [0.2, 0.25) is 10.0 Å². The Kier molecular flexibility index (Phi) is 6.27. The van der Waals surface area contributed by atoms with Crippen LogP contribution in [0.5, 0.6) is 0 Å². The second-order valence-corrected chi connectivity index (χ2v) is 12.2. The summed E-state index contributed by atoms with van der Waals surface area (Å²) < 4.78 is 68.3. The number of carbonyl (C=O) groups is 1. The maximum atomic E-state index is 13.5. The first-order valence-corrected chi connectivity index (χ1v) is 13.8. The number of benzene rings is 1. The molecule has 3 aliphatic rings. The van der Waals surface area contributed by atoms with E-state index in [1.807, 2.05) is 0 Å². The first-order chi connectivity index (χ1) is 17.3. The Bertz CT molecular complexity index is 1310. The Balaban J connectivity index is 1.44. The van der Waals surface area contributed by atoms with Crippen LogP contribution < -0.4 is 14.9 Å². The summed E-state index contributed by atoms with van der Waals surface area (Å²) in [6.45, 7) is 1.70. The van der Waals surface area contributed by atoms with E-state index in [-0.39, 0.29) is 33.4 Å². The van der Waals surface area contributed by atoms with E-state index in [0.717, 1.165) is 44.6 Å². The van der Waals surface area contributed by atoms with E-state index in [9.17, 15) is 31.5 Å². The number of halogens is 3. The minimum atomic E-state index is -4.96. The van der Waals surface area contributed by atoms with E-state index >= 15 is 0 Å². The topological polar surface area (TPSA) is 112 Å². The number of piperidine rings is 1. The summed E-state index contributed by atoms with van der Waals surface area (Å²) in [6.07, 6.45) is 0.549. The smallest absolute Gasteiger partial charge is 0.375 e. The van der Waals surface area contributed by atoms with Gasteiger partial charge in [-0.1, -0.05) is 6.07 Å². The fourth-order valence-corrected chi connectivity index (χ4v) is 5.93. The molecule has 1 aromatic heterocycles. The van der Waals surface area contributed by atoms with E-state index in [1.54, 1.807) is 4.90 Å². The molecular weight excluding hydrogens is 509 g/mol. The molecule has 1 amide bonds. The molecule has 2 aromatic rings. The Hall–Kier alpha value is -2.70. The van der Waals surface area contributed by atoms with Crippen LogP contribution in [0.25, 0.3) is 0 Å². The first kappa shape index (κ1) is 25.9. The van der Waals surface area contributed by atoms with Gasteiger partial charge in [-0.25, -0.2) is 18.1 Å². The highest BCUT2D eigenvalue weighted by Crippen LogP contribution is 2.54. The zero-order chi connectivity index (χ0) is 26.6. The van der Waals surface area contributed by atoms with Crippen LogP contribution in [0.3, 0.4) is 0 Å². The van der Waals surface area contributed by atoms with Crippen LogP contribution in [0, 0.1) is 5.41 Å². The lowest BCUT2D eigenvalue weighted by Crippen LogP contribution is -2.41. The number of rotatable bonds is 7. The molecule has 1 spiro atoms. The summed E-state index contributed by atoms with van der Waals surface area (Å²) in [7, 11) is -3.74. The van der Waals surface area contributed by atoms with E-state index in [2.05, 4.69) is 15.0 Å². The number of amides is 1. The lowest BCUT2D eigenvalue weighted by molar-refractivity contribution is -0.260. The van der Waals surface area contributed by atoms with Gasteiger partial charge in [-0.05, 0) is 81.2 Å². The number of alkyl halides is 3. The van der Waals surface area contributed by atoms with Crippen LogP contribution in [0.4, 0.5) is 24.7 Å². The SMILES string of the molecule is CC(O)(c1ccc(C(=O)Nc2cccc(S(=O)(=O)NC3CC3)c2)c(N2CCC3(CC2)CC3)n1)C(F)(F)F. The van der Waals surface area contributed by atoms with E-state index in [0.29, 0.717) is 20.0 Å². The third-order valence-corrected chi connectivity index (χ3v) is 9.07. The lowest BCUT2D eigenvalue weighted by Gasteiger charge is -2.35. The van der Waals surface area contributed by atoms with E-state index in [4.69, 9.17) is 0 Å². The van der Waals surface area contributed by atoms with Gasteiger partial charge in [-0.2, -0.15) is 13.2 Å². The number of sulfonamides is 1. The normalized spacial score (nSPS) is 20.9. The zero-order valence-electron chi connectivity index (χ0n) is 20.3. The lowest BCUT2D eigenvalue weighted by atomic mass is 9.93. The molecule has 2 saturated carbocycles. The second-order valence-electron chi connectivity index (χ2n) is 10.5. The Morgan fingerprint density at radius 2 is 1.78 bits per heavy atom. The third-order valence-electron chi connectivity index (χ3n) is 7.55. The third kappa shape index (κ3) is 5.32. The molecule has 5 rings (SSSR count). The number of aromatic nitrogens is 1. The summed E-state index contributed by atoms with van der Waals surface area (Å²) >= 11 is 0. The molecule has 12 heteroatoms. The Morgan fingerprint density at radius 3 is 2.38 bits per heavy atom. The second kappa shape index (κ2) is 8.95. The van der Waals surface area contributed by atoms with Crippen LogP contribution in [0.1, 0.15) is 61.5 Å². The highest BCUT2D eigenvalue weighted by atomic mass is 32.2. The van der Waals surface area contributed by atoms with Crippen LogP contribution in [0.15, 0.2) is 41.3 Å². The standard InChI is InChI=1S/C25H29F3N4O4S/c1-23(34,25(26,27)28)20-8-7-19(21(30-20)32-13-11-24(9-10-24)12-14-32)22(33)29-17-3-2-4-18(15-17)37(35,36)31-16-5-6-16/h2-4,7-8,15-16,31,34H,5-6,9-14H2,1H3,(H,29,33). The summed E-state index contributed by atoms with van der Waals surface area (Å²) in [6, 6.07) is 7.92. The highest BCUT2D eigenvalue weighted by Gasteiger charge is 2.53. The Labute approximate surface area is 213 Å². The quantitative estimate of drug-likeness (QED) is 0.493. The number of anilines is 2. The molecule has 1 aromatic carbocycles. The average molecular weight is 539 g/mol. The van der Waals surface area contributed by atoms with Gasteiger partial charge in [0.25, 0.3) is 5.91 Å². The van der Waals surface area contributed by atoms with Crippen molar-refractivity contribution in [1.82, 2.24) is 9.71 Å². The minimum Gasteiger partial charge on any atom is -0.375 e. The number of nitrogens with one attached hydrogen (secondary N) is 2. The van der Waals surface area contributed by atoms with Gasteiger partial charge in [0.05, 0.1) is 16.2 Å². The molecule has 3 fully saturated rings. The number of aliphatic hydroxyl groups is 1. The molecule has 2 aliphatic carbocycles. The van der Waals surface area contributed by atoms with Crippen molar-refractivity contribution in [2.75, 3.05) is 23.3 Å². The molecule has 1 unspecified atom stereocenters. The van der Waals surface area contributed by atoms with Crippen molar-refractivity contribution in [2.24, 2.45) is 5.41 Å². The summed E-state index contributed by atoms with van der Waals surface area (Å²) in [5.41, 5.74) is -3.25. The van der Waals surface area contributed by atoms with Gasteiger partial charge < -0.3 is 15.3 Å². The number of pyridine rings is 1. The first-order valence-electron chi connectivity index (χ1n) is 12.3. The van der Waals surface area contributed by atoms with Gasteiger partial charge >= 0.3 is 6.18 Å². The fourth-order valence-electron chi connectivity index (χ4n) is 4.58. The number of carbonyl (C=O) groups excluding carboxylic acids is 1. The molecule has 0 radical (unpaired) electrons. The van der Waals surface area contributed by atoms with E-state index in [1.165, 1.54) is 30.3 Å². The molecule has 1 saturated heterocycles. The zero-order valence-corrected chi connectivity index (χ0v) is 21.1.